The van der Waals surface area contributed by atoms with Gasteiger partial charge in [-0.1, -0.05) is 124 Å². The Labute approximate surface area is 305 Å². The van der Waals surface area contributed by atoms with E-state index in [0.29, 0.717) is 0 Å². The van der Waals surface area contributed by atoms with Crippen molar-refractivity contribution >= 4 is 44.4 Å². The molecule has 52 heavy (non-hydrogen) atoms. The van der Waals surface area contributed by atoms with Gasteiger partial charge in [-0.05, 0) is 111 Å². The lowest BCUT2D eigenvalue weighted by molar-refractivity contribution is 0.660. The molecule has 0 spiro atoms. The first-order valence-electron chi connectivity index (χ1n) is 17.8. The SMILES string of the molecule is C=C/C(=C\N)c1ccc(N(c2ccc(-c3ccc4c(c3)c3ccccc3n4-c3ccccc3)cc2)c2ccc3c(c2)C(C)(C)c2ccccc2-3)cc1. The van der Waals surface area contributed by atoms with Crippen molar-refractivity contribution in [2.45, 2.75) is 19.3 Å². The standard InChI is InChI=1S/C49H39N3/c1-4-33(32-50)34-18-23-38(24-19-34)51(40-27-28-42-41-14-8-10-16-45(41)49(2,3)46(42)31-40)39-25-20-35(21-26-39)36-22-29-48-44(30-36)43-15-9-11-17-47(43)52(48)37-12-6-5-7-13-37/h4-32H,1,50H2,2-3H3/b33-32+. The molecule has 0 amide bonds. The van der Waals surface area contributed by atoms with Crippen molar-refractivity contribution < 1.29 is 0 Å². The molecule has 0 radical (unpaired) electrons. The van der Waals surface area contributed by atoms with Crippen molar-refractivity contribution in [2.75, 3.05) is 4.90 Å². The predicted molar refractivity (Wildman–Crippen MR) is 221 cm³/mol. The number of fused-ring (bicyclic) bond motifs is 6. The maximum Gasteiger partial charge on any atom is 0.0541 e. The van der Waals surface area contributed by atoms with Crippen molar-refractivity contribution in [1.82, 2.24) is 4.57 Å². The summed E-state index contributed by atoms with van der Waals surface area (Å²) < 4.78 is 2.36. The molecule has 0 aliphatic heterocycles. The third-order valence-corrected chi connectivity index (χ3v) is 10.8. The van der Waals surface area contributed by atoms with Crippen molar-refractivity contribution in [3.05, 3.63) is 199 Å². The first-order chi connectivity index (χ1) is 25.5. The molecule has 1 heterocycles. The van der Waals surface area contributed by atoms with Crippen LogP contribution in [0.1, 0.15) is 30.5 Å². The van der Waals surface area contributed by atoms with Gasteiger partial charge in [-0.2, -0.15) is 0 Å². The predicted octanol–water partition coefficient (Wildman–Crippen LogP) is 12.7. The second-order valence-electron chi connectivity index (χ2n) is 14.1. The lowest BCUT2D eigenvalue weighted by Gasteiger charge is -2.28. The van der Waals surface area contributed by atoms with E-state index in [9.17, 15) is 0 Å². The van der Waals surface area contributed by atoms with Crippen LogP contribution in [-0.4, -0.2) is 4.57 Å². The molecule has 3 heteroatoms. The number of aromatic nitrogens is 1. The molecule has 1 aliphatic carbocycles. The smallest absolute Gasteiger partial charge is 0.0541 e. The fourth-order valence-electron chi connectivity index (χ4n) is 8.17. The number of nitrogens with two attached hydrogens (primary N) is 1. The second-order valence-corrected chi connectivity index (χ2v) is 14.1. The molecule has 1 aliphatic rings. The highest BCUT2D eigenvalue weighted by Gasteiger charge is 2.35. The molecule has 0 fully saturated rings. The zero-order chi connectivity index (χ0) is 35.4. The number of benzene rings is 7. The summed E-state index contributed by atoms with van der Waals surface area (Å²) in [7, 11) is 0. The molecule has 1 aromatic heterocycles. The van der Waals surface area contributed by atoms with Crippen LogP contribution >= 0.6 is 0 Å². The molecule has 0 saturated carbocycles. The van der Waals surface area contributed by atoms with Gasteiger partial charge in [0.1, 0.15) is 0 Å². The third kappa shape index (κ3) is 4.97. The first-order valence-corrected chi connectivity index (χ1v) is 17.8. The van der Waals surface area contributed by atoms with Gasteiger partial charge in [0.05, 0.1) is 11.0 Å². The van der Waals surface area contributed by atoms with E-state index in [1.165, 1.54) is 55.2 Å². The summed E-state index contributed by atoms with van der Waals surface area (Å²) in [6.45, 7) is 8.61. The quantitative estimate of drug-likeness (QED) is 0.171. The summed E-state index contributed by atoms with van der Waals surface area (Å²) in [5, 5.41) is 2.50. The molecule has 8 aromatic rings. The molecule has 0 atom stereocenters. The molecule has 0 unspecified atom stereocenters. The maximum absolute atomic E-state index is 5.91. The Bertz CT molecular complexity index is 2660. The van der Waals surface area contributed by atoms with Crippen LogP contribution in [0, 0.1) is 0 Å². The van der Waals surface area contributed by atoms with Crippen LogP contribution in [0.4, 0.5) is 17.1 Å². The van der Waals surface area contributed by atoms with E-state index in [-0.39, 0.29) is 5.41 Å². The summed E-state index contributed by atoms with van der Waals surface area (Å²) in [5.41, 5.74) is 22.3. The highest BCUT2D eigenvalue weighted by Crippen LogP contribution is 2.50. The summed E-state index contributed by atoms with van der Waals surface area (Å²) in [5.74, 6) is 0. The average Bonchev–Trinajstić information content (AvgIpc) is 3.64. The van der Waals surface area contributed by atoms with Gasteiger partial charge >= 0.3 is 0 Å². The highest BCUT2D eigenvalue weighted by atomic mass is 15.1. The van der Waals surface area contributed by atoms with Crippen LogP contribution in [0.25, 0.3) is 55.3 Å². The number of nitrogens with zero attached hydrogens (tertiary/aromatic N) is 2. The Morgan fingerprint density at radius 2 is 1.19 bits per heavy atom. The van der Waals surface area contributed by atoms with Gasteiger partial charge in [-0.25, -0.2) is 0 Å². The first kappa shape index (κ1) is 31.4. The van der Waals surface area contributed by atoms with Gasteiger partial charge in [0, 0.05) is 45.1 Å². The van der Waals surface area contributed by atoms with E-state index in [1.54, 1.807) is 12.3 Å². The minimum atomic E-state index is -0.103. The van der Waals surface area contributed by atoms with Gasteiger partial charge < -0.3 is 15.2 Å². The molecular weight excluding hydrogens is 631 g/mol. The van der Waals surface area contributed by atoms with E-state index in [0.717, 1.165) is 33.9 Å². The molecule has 2 N–H and O–H groups in total. The fourth-order valence-corrected chi connectivity index (χ4v) is 8.17. The Morgan fingerprint density at radius 1 is 0.577 bits per heavy atom. The summed E-state index contributed by atoms with van der Waals surface area (Å²) in [6, 6.07) is 59.4. The van der Waals surface area contributed by atoms with Gasteiger partial charge in [0.25, 0.3) is 0 Å². The number of allylic oxidation sites excluding steroid dienone is 2. The Hall–Kier alpha value is -6.58. The number of rotatable bonds is 7. The average molecular weight is 670 g/mol. The molecule has 0 saturated heterocycles. The van der Waals surface area contributed by atoms with E-state index in [2.05, 4.69) is 194 Å². The van der Waals surface area contributed by atoms with Crippen molar-refractivity contribution in [3.63, 3.8) is 0 Å². The van der Waals surface area contributed by atoms with Gasteiger partial charge in [-0.3, -0.25) is 0 Å². The van der Waals surface area contributed by atoms with Crippen LogP contribution in [0.5, 0.6) is 0 Å². The van der Waals surface area contributed by atoms with E-state index in [4.69, 9.17) is 5.73 Å². The summed E-state index contributed by atoms with van der Waals surface area (Å²) in [4.78, 5) is 2.35. The van der Waals surface area contributed by atoms with Crippen molar-refractivity contribution in [1.29, 1.82) is 0 Å². The summed E-state index contributed by atoms with van der Waals surface area (Å²) in [6.07, 6.45) is 3.40. The number of anilines is 3. The largest absolute Gasteiger partial charge is 0.404 e. The molecule has 9 rings (SSSR count). The van der Waals surface area contributed by atoms with E-state index < -0.39 is 0 Å². The fraction of sp³-hybridized carbons (Fsp3) is 0.0612. The summed E-state index contributed by atoms with van der Waals surface area (Å²) >= 11 is 0. The minimum Gasteiger partial charge on any atom is -0.404 e. The molecule has 250 valence electrons. The Balaban J connectivity index is 1.14. The number of hydrogen-bond donors (Lipinski definition) is 1. The zero-order valence-corrected chi connectivity index (χ0v) is 29.4. The highest BCUT2D eigenvalue weighted by molar-refractivity contribution is 6.10. The number of hydrogen-bond acceptors (Lipinski definition) is 2. The third-order valence-electron chi connectivity index (χ3n) is 10.8. The minimum absolute atomic E-state index is 0.103. The van der Waals surface area contributed by atoms with Crippen LogP contribution in [0.2, 0.25) is 0 Å². The van der Waals surface area contributed by atoms with Gasteiger partial charge in [-0.15, -0.1) is 0 Å². The molecule has 7 aromatic carbocycles. The van der Waals surface area contributed by atoms with Crippen molar-refractivity contribution in [3.8, 4) is 27.9 Å². The molecule has 0 bridgehead atoms. The second kappa shape index (κ2) is 12.3. The lowest BCUT2D eigenvalue weighted by Crippen LogP contribution is -2.16. The lowest BCUT2D eigenvalue weighted by atomic mass is 9.82. The topological polar surface area (TPSA) is 34.2 Å². The van der Waals surface area contributed by atoms with Crippen molar-refractivity contribution in [2.24, 2.45) is 5.73 Å². The number of para-hydroxylation sites is 2. The van der Waals surface area contributed by atoms with E-state index in [1.807, 2.05) is 0 Å². The van der Waals surface area contributed by atoms with Crippen LogP contribution < -0.4 is 10.6 Å². The van der Waals surface area contributed by atoms with Crippen LogP contribution in [-0.2, 0) is 5.41 Å². The molecular formula is C49H39N3. The monoisotopic (exact) mass is 669 g/mol. The van der Waals surface area contributed by atoms with Gasteiger partial charge in [0.15, 0.2) is 0 Å². The normalized spacial score (nSPS) is 13.2. The zero-order valence-electron chi connectivity index (χ0n) is 29.4. The Kier molecular flexibility index (Phi) is 7.45. The van der Waals surface area contributed by atoms with Crippen LogP contribution in [0.3, 0.4) is 0 Å². The maximum atomic E-state index is 5.91. The Morgan fingerprint density at radius 3 is 1.94 bits per heavy atom. The van der Waals surface area contributed by atoms with Gasteiger partial charge in [0.2, 0.25) is 0 Å². The van der Waals surface area contributed by atoms with E-state index >= 15 is 0 Å². The molecule has 3 nitrogen and oxygen atoms in total. The van der Waals surface area contributed by atoms with Crippen LogP contribution in [0.15, 0.2) is 183 Å².